The van der Waals surface area contributed by atoms with Gasteiger partial charge in [-0.25, -0.2) is 8.42 Å². The fourth-order valence-electron chi connectivity index (χ4n) is 8.96. The lowest BCUT2D eigenvalue weighted by molar-refractivity contribution is -0.0611. The highest BCUT2D eigenvalue weighted by Gasteiger charge is 2.60. The van der Waals surface area contributed by atoms with Crippen molar-refractivity contribution in [3.8, 4) is 0 Å². The van der Waals surface area contributed by atoms with Crippen LogP contribution in [-0.4, -0.2) is 24.7 Å². The van der Waals surface area contributed by atoms with Crippen molar-refractivity contribution in [2.75, 3.05) is 6.26 Å². The monoisotopic (exact) mass is 464 g/mol. The third-order valence-electron chi connectivity index (χ3n) is 11.0. The third kappa shape index (κ3) is 3.93. The summed E-state index contributed by atoms with van der Waals surface area (Å²) in [5.74, 6) is 4.69. The molecule has 3 fully saturated rings. The van der Waals surface area contributed by atoms with Crippen molar-refractivity contribution >= 4 is 9.84 Å². The van der Waals surface area contributed by atoms with Crippen LogP contribution < -0.4 is 0 Å². The average molecular weight is 465 g/mol. The van der Waals surface area contributed by atoms with Crippen LogP contribution in [-0.2, 0) is 9.84 Å². The molecule has 0 heterocycles. The fraction of sp³-hybridized carbons (Fsp3) is 0.929. The van der Waals surface area contributed by atoms with Crippen molar-refractivity contribution in [3.05, 3.63) is 11.6 Å². The van der Waals surface area contributed by atoms with E-state index in [-0.39, 0.29) is 5.41 Å². The minimum absolute atomic E-state index is 0.0716. The highest BCUT2D eigenvalue weighted by Crippen LogP contribution is 2.68. The molecule has 4 aliphatic rings. The maximum absolute atomic E-state index is 12.3. The van der Waals surface area contributed by atoms with Gasteiger partial charge in [0.1, 0.15) is 0 Å². The van der Waals surface area contributed by atoms with Gasteiger partial charge in [0.2, 0.25) is 0 Å². The average Bonchev–Trinajstić information content (AvgIpc) is 3.04. The number of hydrogen-bond acceptors (Lipinski definition) is 3. The smallest absolute Gasteiger partial charge is 0.177 e. The van der Waals surface area contributed by atoms with E-state index in [0.29, 0.717) is 24.2 Å². The number of hydrogen-bond donors (Lipinski definition) is 1. The van der Waals surface area contributed by atoms with Crippen LogP contribution >= 0.6 is 0 Å². The van der Waals surface area contributed by atoms with E-state index in [1.807, 2.05) is 0 Å². The Morgan fingerprint density at radius 3 is 2.41 bits per heavy atom. The number of sulfone groups is 1. The van der Waals surface area contributed by atoms with Crippen molar-refractivity contribution in [2.45, 2.75) is 110 Å². The van der Waals surface area contributed by atoms with E-state index in [0.717, 1.165) is 42.4 Å². The molecule has 1 unspecified atom stereocenters. The second-order valence-electron chi connectivity index (χ2n) is 13.2. The molecule has 32 heavy (non-hydrogen) atoms. The summed E-state index contributed by atoms with van der Waals surface area (Å²) in [5, 5.41) is 10.9. The molecule has 0 aliphatic heterocycles. The van der Waals surface area contributed by atoms with Crippen LogP contribution in [0.3, 0.4) is 0 Å². The van der Waals surface area contributed by atoms with Gasteiger partial charge in [0.15, 0.2) is 14.8 Å². The fourth-order valence-corrected chi connectivity index (χ4v) is 9.85. The predicted octanol–water partition coefficient (Wildman–Crippen LogP) is 6.76. The van der Waals surface area contributed by atoms with Gasteiger partial charge in [-0.15, -0.1) is 0 Å². The zero-order valence-electron chi connectivity index (χ0n) is 21.5. The molecular formula is C28H48O3S. The first-order valence-corrected chi connectivity index (χ1v) is 15.3. The highest BCUT2D eigenvalue weighted by molar-refractivity contribution is 7.91. The second kappa shape index (κ2) is 8.40. The SMILES string of the molecule is CC(C)CCCC(C)[C@H]1CC[C@H]2[C@@H]3CC=C4C[C@](O)(S(C)(=O)=O)CC[C@]4(C)[C@H]3CC[C@]12C. The number of fused-ring (bicyclic) bond motifs is 5. The maximum atomic E-state index is 12.3. The summed E-state index contributed by atoms with van der Waals surface area (Å²) in [7, 11) is -3.47. The number of allylic oxidation sites excluding steroid dienone is 1. The molecule has 4 aliphatic carbocycles. The van der Waals surface area contributed by atoms with E-state index < -0.39 is 14.8 Å². The molecule has 0 bridgehead atoms. The molecule has 4 heteroatoms. The Kier molecular flexibility index (Phi) is 6.50. The van der Waals surface area contributed by atoms with Gasteiger partial charge in [-0.1, -0.05) is 65.5 Å². The van der Waals surface area contributed by atoms with E-state index in [9.17, 15) is 13.5 Å². The van der Waals surface area contributed by atoms with Gasteiger partial charge in [0, 0.05) is 12.7 Å². The Morgan fingerprint density at radius 2 is 1.75 bits per heavy atom. The molecule has 1 N–H and O–H groups in total. The molecule has 0 spiro atoms. The molecule has 0 amide bonds. The zero-order chi connectivity index (χ0) is 23.5. The first kappa shape index (κ1) is 24.8. The molecule has 0 radical (unpaired) electrons. The van der Waals surface area contributed by atoms with Crippen LogP contribution in [0.25, 0.3) is 0 Å². The molecule has 0 aromatic rings. The van der Waals surface area contributed by atoms with Gasteiger partial charge in [-0.05, 0) is 91.3 Å². The third-order valence-corrected chi connectivity index (χ3v) is 12.7. The largest absolute Gasteiger partial charge is 0.374 e. The van der Waals surface area contributed by atoms with E-state index in [4.69, 9.17) is 0 Å². The summed E-state index contributed by atoms with van der Waals surface area (Å²) in [5.41, 5.74) is 1.78. The quantitative estimate of drug-likeness (QED) is 0.442. The lowest BCUT2D eigenvalue weighted by Gasteiger charge is -2.59. The lowest BCUT2D eigenvalue weighted by Crippen LogP contribution is -2.53. The Hall–Kier alpha value is -0.350. The van der Waals surface area contributed by atoms with Gasteiger partial charge in [0.25, 0.3) is 0 Å². The Balaban J connectivity index is 1.52. The molecule has 0 saturated heterocycles. The molecule has 0 aromatic heterocycles. The van der Waals surface area contributed by atoms with E-state index in [1.54, 1.807) is 0 Å². The molecular weight excluding hydrogens is 416 g/mol. The summed E-state index contributed by atoms with van der Waals surface area (Å²) in [4.78, 5) is -1.56. The van der Waals surface area contributed by atoms with Gasteiger partial charge in [-0.3, -0.25) is 0 Å². The van der Waals surface area contributed by atoms with E-state index in [1.165, 1.54) is 56.8 Å². The maximum Gasteiger partial charge on any atom is 0.177 e. The van der Waals surface area contributed by atoms with Crippen molar-refractivity contribution in [1.82, 2.24) is 0 Å². The molecule has 0 aromatic carbocycles. The molecule has 3 saturated carbocycles. The highest BCUT2D eigenvalue weighted by atomic mass is 32.2. The molecule has 8 atom stereocenters. The molecule has 3 nitrogen and oxygen atoms in total. The summed E-state index contributed by atoms with van der Waals surface area (Å²) in [6.07, 6.45) is 15.7. The van der Waals surface area contributed by atoms with E-state index in [2.05, 4.69) is 40.7 Å². The van der Waals surface area contributed by atoms with Gasteiger partial charge in [-0.2, -0.15) is 0 Å². The lowest BCUT2D eigenvalue weighted by atomic mass is 9.47. The van der Waals surface area contributed by atoms with Crippen LogP contribution in [0.2, 0.25) is 0 Å². The van der Waals surface area contributed by atoms with Crippen LogP contribution in [0.4, 0.5) is 0 Å². The zero-order valence-corrected chi connectivity index (χ0v) is 22.3. The van der Waals surface area contributed by atoms with Crippen molar-refractivity contribution in [3.63, 3.8) is 0 Å². The van der Waals surface area contributed by atoms with Crippen LogP contribution in [0.1, 0.15) is 105 Å². The minimum Gasteiger partial charge on any atom is -0.374 e. The standard InChI is InChI=1S/C28H48O3S/c1-19(2)8-7-9-20(3)23-12-13-24-22-11-10-21-18-28(29,32(6,30)31)17-16-26(21,4)25(22)14-15-27(23,24)5/h10,19-20,22-25,29H,7-9,11-18H2,1-6H3/t20?,22-,23+,24-,25-,26-,27+,28+/m0/s1. The van der Waals surface area contributed by atoms with Crippen molar-refractivity contribution in [2.24, 2.45) is 46.3 Å². The van der Waals surface area contributed by atoms with Crippen LogP contribution in [0, 0.1) is 46.3 Å². The van der Waals surface area contributed by atoms with Gasteiger partial charge >= 0.3 is 0 Å². The molecule has 4 rings (SSSR count). The topological polar surface area (TPSA) is 54.4 Å². The summed E-state index contributed by atoms with van der Waals surface area (Å²) >= 11 is 0. The first-order chi connectivity index (χ1) is 14.8. The van der Waals surface area contributed by atoms with Gasteiger partial charge in [0.05, 0.1) is 0 Å². The summed E-state index contributed by atoms with van der Waals surface area (Å²) in [6, 6.07) is 0. The summed E-state index contributed by atoms with van der Waals surface area (Å²) in [6.45, 7) is 12.2. The van der Waals surface area contributed by atoms with Gasteiger partial charge < -0.3 is 5.11 Å². The predicted molar refractivity (Wildman–Crippen MR) is 133 cm³/mol. The molecule has 184 valence electrons. The van der Waals surface area contributed by atoms with Crippen molar-refractivity contribution in [1.29, 1.82) is 0 Å². The first-order valence-electron chi connectivity index (χ1n) is 13.4. The Morgan fingerprint density at radius 1 is 1.03 bits per heavy atom. The Labute approximate surface area is 197 Å². The Bertz CT molecular complexity index is 845. The number of rotatable bonds is 6. The summed E-state index contributed by atoms with van der Waals surface area (Å²) < 4.78 is 24.6. The van der Waals surface area contributed by atoms with Crippen LogP contribution in [0.5, 0.6) is 0 Å². The minimum atomic E-state index is -3.47. The normalized spacial score (nSPS) is 45.1. The second-order valence-corrected chi connectivity index (χ2v) is 15.5. The van der Waals surface area contributed by atoms with Crippen molar-refractivity contribution < 1.29 is 13.5 Å². The van der Waals surface area contributed by atoms with Crippen LogP contribution in [0.15, 0.2) is 11.6 Å². The van der Waals surface area contributed by atoms with E-state index >= 15 is 0 Å². The number of aliphatic hydroxyl groups is 1.